The minimum absolute atomic E-state index is 0.433. The van der Waals surface area contributed by atoms with Gasteiger partial charge in [0.25, 0.3) is 0 Å². The fourth-order valence-electron chi connectivity index (χ4n) is 2.70. The summed E-state index contributed by atoms with van der Waals surface area (Å²) in [5, 5.41) is 9.80. The van der Waals surface area contributed by atoms with Crippen molar-refractivity contribution >= 4 is 17.7 Å². The van der Waals surface area contributed by atoms with Crippen molar-refractivity contribution in [3.63, 3.8) is 0 Å². The van der Waals surface area contributed by atoms with Crippen molar-refractivity contribution in [1.29, 1.82) is 0 Å². The lowest BCUT2D eigenvalue weighted by molar-refractivity contribution is 0.0696. The smallest absolute Gasteiger partial charge is 0.335 e. The zero-order valence-electron chi connectivity index (χ0n) is 11.8. The third-order valence-electron chi connectivity index (χ3n) is 4.29. The zero-order chi connectivity index (χ0) is 14.0. The van der Waals surface area contributed by atoms with Gasteiger partial charge in [0.1, 0.15) is 0 Å². The Bertz CT molecular complexity index is 470. The third kappa shape index (κ3) is 3.53. The molecule has 1 aliphatic rings. The first-order valence-corrected chi connectivity index (χ1v) is 7.86. The first-order chi connectivity index (χ1) is 8.97. The molecule has 0 aromatic heterocycles. The van der Waals surface area contributed by atoms with Crippen LogP contribution in [0.3, 0.4) is 0 Å². The molecular formula is C16H22O2S. The topological polar surface area (TPSA) is 37.3 Å². The monoisotopic (exact) mass is 278 g/mol. The number of aryl methyl sites for hydroxylation is 1. The normalized spacial score (nSPS) is 27.2. The molecule has 1 aliphatic carbocycles. The van der Waals surface area contributed by atoms with Crippen molar-refractivity contribution in [2.75, 3.05) is 0 Å². The van der Waals surface area contributed by atoms with Gasteiger partial charge in [0, 0.05) is 10.1 Å². The highest BCUT2D eigenvalue weighted by Crippen LogP contribution is 2.39. The Labute approximate surface area is 119 Å². The molecule has 3 unspecified atom stereocenters. The van der Waals surface area contributed by atoms with Crippen molar-refractivity contribution in [3.05, 3.63) is 29.3 Å². The van der Waals surface area contributed by atoms with Gasteiger partial charge < -0.3 is 5.11 Å². The molecule has 1 aromatic rings. The van der Waals surface area contributed by atoms with Crippen molar-refractivity contribution in [1.82, 2.24) is 0 Å². The number of aromatic carboxylic acids is 1. The summed E-state index contributed by atoms with van der Waals surface area (Å²) in [5.41, 5.74) is 1.27. The van der Waals surface area contributed by atoms with Crippen LogP contribution in [0.25, 0.3) is 0 Å². The molecule has 0 heterocycles. The minimum atomic E-state index is -0.828. The average Bonchev–Trinajstić information content (AvgIpc) is 2.36. The molecule has 0 aliphatic heterocycles. The molecule has 0 spiro atoms. The van der Waals surface area contributed by atoms with E-state index in [1.54, 1.807) is 0 Å². The molecule has 1 N–H and O–H groups in total. The number of thioether (sulfide) groups is 1. The number of carbonyl (C=O) groups is 1. The molecule has 2 rings (SSSR count). The molecule has 0 amide bonds. The minimum Gasteiger partial charge on any atom is -0.478 e. The average molecular weight is 278 g/mol. The van der Waals surface area contributed by atoms with E-state index in [1.807, 2.05) is 30.8 Å². The van der Waals surface area contributed by atoms with E-state index in [0.29, 0.717) is 10.8 Å². The van der Waals surface area contributed by atoms with E-state index >= 15 is 0 Å². The Balaban J connectivity index is 2.07. The van der Waals surface area contributed by atoms with Gasteiger partial charge in [-0.05, 0) is 55.7 Å². The van der Waals surface area contributed by atoms with Crippen LogP contribution in [0.2, 0.25) is 0 Å². The Morgan fingerprint density at radius 2 is 2.00 bits per heavy atom. The van der Waals surface area contributed by atoms with Gasteiger partial charge in [-0.3, -0.25) is 0 Å². The molecule has 1 fully saturated rings. The molecule has 3 heteroatoms. The summed E-state index contributed by atoms with van der Waals surface area (Å²) in [6.45, 7) is 6.51. The molecule has 104 valence electrons. The molecule has 3 atom stereocenters. The van der Waals surface area contributed by atoms with E-state index in [4.69, 9.17) is 5.11 Å². The van der Waals surface area contributed by atoms with Crippen LogP contribution in [0.1, 0.15) is 49.0 Å². The van der Waals surface area contributed by atoms with Gasteiger partial charge in [-0.1, -0.05) is 19.9 Å². The predicted octanol–water partition coefficient (Wildman–Crippen LogP) is 4.61. The Kier molecular flexibility index (Phi) is 4.56. The fourth-order valence-corrected chi connectivity index (χ4v) is 4.07. The summed E-state index contributed by atoms with van der Waals surface area (Å²) < 4.78 is 0. The largest absolute Gasteiger partial charge is 0.478 e. The van der Waals surface area contributed by atoms with Crippen molar-refractivity contribution in [2.45, 2.75) is 50.2 Å². The molecule has 1 saturated carbocycles. The lowest BCUT2D eigenvalue weighted by Crippen LogP contribution is -2.22. The molecule has 0 saturated heterocycles. The van der Waals surface area contributed by atoms with Crippen molar-refractivity contribution in [2.24, 2.45) is 11.8 Å². The quantitative estimate of drug-likeness (QED) is 0.877. The van der Waals surface area contributed by atoms with Gasteiger partial charge in [-0.25, -0.2) is 4.79 Å². The zero-order valence-corrected chi connectivity index (χ0v) is 12.7. The standard InChI is InChI=1S/C16H22O2S/c1-10-4-6-13(8-12(10)3)19-14-7-5-11(2)15(9-14)16(17)18/h5,7,9-10,12-13H,4,6,8H2,1-3H3,(H,17,18). The maximum atomic E-state index is 11.2. The Morgan fingerprint density at radius 1 is 1.26 bits per heavy atom. The number of carboxylic acids is 1. The van der Waals surface area contributed by atoms with Gasteiger partial charge in [0.2, 0.25) is 0 Å². The molecule has 2 nitrogen and oxygen atoms in total. The van der Waals surface area contributed by atoms with Crippen LogP contribution in [0.4, 0.5) is 0 Å². The van der Waals surface area contributed by atoms with Crippen molar-refractivity contribution < 1.29 is 9.90 Å². The van der Waals surface area contributed by atoms with Crippen LogP contribution in [-0.4, -0.2) is 16.3 Å². The van der Waals surface area contributed by atoms with E-state index < -0.39 is 5.97 Å². The van der Waals surface area contributed by atoms with Crippen LogP contribution >= 0.6 is 11.8 Å². The molecule has 0 radical (unpaired) electrons. The maximum Gasteiger partial charge on any atom is 0.335 e. The first kappa shape index (κ1) is 14.4. The molecular weight excluding hydrogens is 256 g/mol. The van der Waals surface area contributed by atoms with Crippen LogP contribution in [0, 0.1) is 18.8 Å². The second-order valence-electron chi connectivity index (χ2n) is 5.79. The van der Waals surface area contributed by atoms with Crippen LogP contribution in [0.15, 0.2) is 23.1 Å². The van der Waals surface area contributed by atoms with E-state index in [2.05, 4.69) is 19.9 Å². The summed E-state index contributed by atoms with van der Waals surface area (Å²) in [7, 11) is 0. The van der Waals surface area contributed by atoms with E-state index in [1.165, 1.54) is 19.3 Å². The summed E-state index contributed by atoms with van der Waals surface area (Å²) in [6, 6.07) is 5.79. The lowest BCUT2D eigenvalue weighted by atomic mass is 9.81. The fraction of sp³-hybridized carbons (Fsp3) is 0.562. The van der Waals surface area contributed by atoms with Gasteiger partial charge in [0.05, 0.1) is 5.56 Å². The summed E-state index contributed by atoms with van der Waals surface area (Å²) >= 11 is 1.85. The van der Waals surface area contributed by atoms with Gasteiger partial charge in [-0.15, -0.1) is 11.8 Å². The van der Waals surface area contributed by atoms with Crippen LogP contribution in [-0.2, 0) is 0 Å². The number of carboxylic acid groups (broad SMARTS) is 1. The third-order valence-corrected chi connectivity index (χ3v) is 5.58. The van der Waals surface area contributed by atoms with E-state index in [-0.39, 0.29) is 0 Å². The molecule has 1 aromatic carbocycles. The van der Waals surface area contributed by atoms with E-state index in [0.717, 1.165) is 22.3 Å². The number of rotatable bonds is 3. The number of hydrogen-bond acceptors (Lipinski definition) is 2. The highest BCUT2D eigenvalue weighted by molar-refractivity contribution is 8.00. The Hall–Kier alpha value is -0.960. The number of benzene rings is 1. The van der Waals surface area contributed by atoms with Crippen LogP contribution < -0.4 is 0 Å². The Morgan fingerprint density at radius 3 is 2.63 bits per heavy atom. The van der Waals surface area contributed by atoms with Crippen LogP contribution in [0.5, 0.6) is 0 Å². The summed E-state index contributed by atoms with van der Waals surface area (Å²) in [4.78, 5) is 12.2. The predicted molar refractivity (Wildman–Crippen MR) is 80.0 cm³/mol. The highest BCUT2D eigenvalue weighted by atomic mass is 32.2. The van der Waals surface area contributed by atoms with Gasteiger partial charge >= 0.3 is 5.97 Å². The second-order valence-corrected chi connectivity index (χ2v) is 7.16. The van der Waals surface area contributed by atoms with Gasteiger partial charge in [0.15, 0.2) is 0 Å². The maximum absolute atomic E-state index is 11.2. The number of hydrogen-bond donors (Lipinski definition) is 1. The second kappa shape index (κ2) is 6.00. The summed E-state index contributed by atoms with van der Waals surface area (Å²) in [5.74, 6) is 0.769. The van der Waals surface area contributed by atoms with Crippen molar-refractivity contribution in [3.8, 4) is 0 Å². The van der Waals surface area contributed by atoms with Gasteiger partial charge in [-0.2, -0.15) is 0 Å². The molecule has 19 heavy (non-hydrogen) atoms. The highest BCUT2D eigenvalue weighted by Gasteiger charge is 2.25. The summed E-state index contributed by atoms with van der Waals surface area (Å²) in [6.07, 6.45) is 3.77. The van der Waals surface area contributed by atoms with E-state index in [9.17, 15) is 4.79 Å². The first-order valence-electron chi connectivity index (χ1n) is 6.98. The molecule has 0 bridgehead atoms. The SMILES string of the molecule is Cc1ccc(SC2CCC(C)C(C)C2)cc1C(=O)O. The lowest BCUT2D eigenvalue weighted by Gasteiger charge is -2.31.